The van der Waals surface area contributed by atoms with Crippen molar-refractivity contribution in [2.24, 2.45) is 0 Å². The van der Waals surface area contributed by atoms with E-state index in [2.05, 4.69) is 15.5 Å². The van der Waals surface area contributed by atoms with Crippen LogP contribution in [-0.2, 0) is 6.54 Å². The topological polar surface area (TPSA) is 81.9 Å². The van der Waals surface area contributed by atoms with Crippen LogP contribution in [0.2, 0.25) is 0 Å². The Morgan fingerprint density at radius 3 is 2.21 bits per heavy atom. The second-order valence-electron chi connectivity index (χ2n) is 5.56. The Kier molecular flexibility index (Phi) is 5.86. The first-order valence-electron chi connectivity index (χ1n) is 7.52. The second kappa shape index (κ2) is 7.87. The van der Waals surface area contributed by atoms with Crippen LogP contribution in [0.25, 0.3) is 0 Å². The van der Waals surface area contributed by atoms with Gasteiger partial charge in [0.15, 0.2) is 11.5 Å². The summed E-state index contributed by atoms with van der Waals surface area (Å²) in [4.78, 5) is 1.96. The highest BCUT2D eigenvalue weighted by Gasteiger charge is 2.18. The average Bonchev–Trinajstić information content (AvgIpc) is 2.99. The predicted octanol–water partition coefficient (Wildman–Crippen LogP) is 2.33. The Morgan fingerprint density at radius 2 is 1.71 bits per heavy atom. The monoisotopic (exact) mass is 336 g/mol. The maximum absolute atomic E-state index is 5.58. The van der Waals surface area contributed by atoms with Gasteiger partial charge in [0.2, 0.25) is 11.6 Å². The number of hydrogen-bond donors (Lipinski definition) is 1. The molecule has 0 aliphatic carbocycles. The molecule has 0 bridgehead atoms. The molecule has 1 aromatic heterocycles. The van der Waals surface area contributed by atoms with Crippen LogP contribution < -0.4 is 19.5 Å². The second-order valence-corrected chi connectivity index (χ2v) is 5.56. The van der Waals surface area contributed by atoms with Gasteiger partial charge in [-0.3, -0.25) is 0 Å². The van der Waals surface area contributed by atoms with Crippen molar-refractivity contribution in [1.29, 1.82) is 0 Å². The standard InChI is InChI=1S/C16H24N4O4/c1-10(17-16-19-18-14(24-16)9-20(2)3)11-7-12(21-4)15(23-6)13(8-11)22-5/h7-8,10H,9H2,1-6H3,(H,17,19). The van der Waals surface area contributed by atoms with Gasteiger partial charge in [-0.1, -0.05) is 5.10 Å². The number of ether oxygens (including phenoxy) is 3. The van der Waals surface area contributed by atoms with E-state index in [0.29, 0.717) is 35.7 Å². The lowest BCUT2D eigenvalue weighted by molar-refractivity contribution is 0.323. The molecule has 0 radical (unpaired) electrons. The molecule has 1 N–H and O–H groups in total. The molecule has 0 aliphatic heterocycles. The Balaban J connectivity index is 2.20. The molecule has 0 aliphatic rings. The summed E-state index contributed by atoms with van der Waals surface area (Å²) in [6, 6.07) is 4.05. The maximum atomic E-state index is 5.58. The minimum absolute atomic E-state index is 0.0913. The Labute approximate surface area is 141 Å². The van der Waals surface area contributed by atoms with Gasteiger partial charge in [-0.2, -0.15) is 0 Å². The highest BCUT2D eigenvalue weighted by molar-refractivity contribution is 5.55. The van der Waals surface area contributed by atoms with Crippen molar-refractivity contribution in [3.8, 4) is 17.2 Å². The van der Waals surface area contributed by atoms with E-state index < -0.39 is 0 Å². The van der Waals surface area contributed by atoms with Gasteiger partial charge in [0, 0.05) is 0 Å². The molecule has 0 spiro atoms. The van der Waals surface area contributed by atoms with Crippen molar-refractivity contribution in [2.75, 3.05) is 40.7 Å². The molecule has 0 saturated carbocycles. The summed E-state index contributed by atoms with van der Waals surface area (Å²) in [5.41, 5.74) is 0.942. The van der Waals surface area contributed by atoms with E-state index in [9.17, 15) is 0 Å². The third-order valence-corrected chi connectivity index (χ3v) is 3.45. The van der Waals surface area contributed by atoms with Gasteiger partial charge < -0.3 is 28.8 Å². The maximum Gasteiger partial charge on any atom is 0.315 e. The first-order chi connectivity index (χ1) is 11.5. The van der Waals surface area contributed by atoms with Crippen LogP contribution >= 0.6 is 0 Å². The zero-order valence-electron chi connectivity index (χ0n) is 14.9. The molecule has 2 rings (SSSR count). The SMILES string of the molecule is COc1cc(C(C)Nc2nnc(CN(C)C)o2)cc(OC)c1OC. The Hall–Kier alpha value is -2.48. The van der Waals surface area contributed by atoms with E-state index in [-0.39, 0.29) is 6.04 Å². The fourth-order valence-electron chi connectivity index (χ4n) is 2.27. The molecular formula is C16H24N4O4. The molecule has 24 heavy (non-hydrogen) atoms. The first-order valence-corrected chi connectivity index (χ1v) is 7.52. The molecule has 1 aromatic carbocycles. The summed E-state index contributed by atoms with van der Waals surface area (Å²) < 4.78 is 21.7. The van der Waals surface area contributed by atoms with Crippen LogP contribution in [0.15, 0.2) is 16.5 Å². The molecule has 2 aromatic rings. The van der Waals surface area contributed by atoms with Crippen molar-refractivity contribution in [2.45, 2.75) is 19.5 Å². The van der Waals surface area contributed by atoms with Crippen LogP contribution in [0.4, 0.5) is 6.01 Å². The lowest BCUT2D eigenvalue weighted by Gasteiger charge is -2.17. The normalized spacial score (nSPS) is 12.1. The fraction of sp³-hybridized carbons (Fsp3) is 0.500. The Bertz CT molecular complexity index is 647. The van der Waals surface area contributed by atoms with E-state index in [1.165, 1.54) is 0 Å². The van der Waals surface area contributed by atoms with E-state index >= 15 is 0 Å². The van der Waals surface area contributed by atoms with Crippen LogP contribution in [0.1, 0.15) is 24.4 Å². The zero-order chi connectivity index (χ0) is 17.7. The molecule has 1 heterocycles. The number of nitrogens with one attached hydrogen (secondary N) is 1. The average molecular weight is 336 g/mol. The first kappa shape index (κ1) is 17.9. The van der Waals surface area contributed by atoms with Gasteiger partial charge in [-0.25, -0.2) is 0 Å². The summed E-state index contributed by atoms with van der Waals surface area (Å²) >= 11 is 0. The number of nitrogens with zero attached hydrogens (tertiary/aromatic N) is 3. The van der Waals surface area contributed by atoms with Crippen LogP contribution in [0.5, 0.6) is 17.2 Å². The van der Waals surface area contributed by atoms with E-state index in [1.54, 1.807) is 21.3 Å². The minimum atomic E-state index is -0.0913. The van der Waals surface area contributed by atoms with Crippen molar-refractivity contribution < 1.29 is 18.6 Å². The molecule has 1 unspecified atom stereocenters. The summed E-state index contributed by atoms with van der Waals surface area (Å²) in [6.07, 6.45) is 0. The molecule has 1 atom stereocenters. The van der Waals surface area contributed by atoms with E-state index in [0.717, 1.165) is 5.56 Å². The molecule has 8 heteroatoms. The molecule has 132 valence electrons. The number of anilines is 1. The van der Waals surface area contributed by atoms with Crippen LogP contribution in [0, 0.1) is 0 Å². The van der Waals surface area contributed by atoms with Gasteiger partial charge in [-0.05, 0) is 38.7 Å². The molecule has 8 nitrogen and oxygen atoms in total. The zero-order valence-corrected chi connectivity index (χ0v) is 14.9. The van der Waals surface area contributed by atoms with E-state index in [1.807, 2.05) is 38.1 Å². The summed E-state index contributed by atoms with van der Waals surface area (Å²) in [7, 11) is 8.63. The molecule has 0 saturated heterocycles. The molecule has 0 fully saturated rings. The lowest BCUT2D eigenvalue weighted by Crippen LogP contribution is -2.10. The summed E-state index contributed by atoms with van der Waals surface area (Å²) in [5, 5.41) is 11.2. The van der Waals surface area contributed by atoms with Crippen molar-refractivity contribution in [3.05, 3.63) is 23.6 Å². The quantitative estimate of drug-likeness (QED) is 0.786. The number of rotatable bonds is 8. The van der Waals surface area contributed by atoms with E-state index in [4.69, 9.17) is 18.6 Å². The van der Waals surface area contributed by atoms with Crippen molar-refractivity contribution in [3.63, 3.8) is 0 Å². The fourth-order valence-corrected chi connectivity index (χ4v) is 2.27. The lowest BCUT2D eigenvalue weighted by atomic mass is 10.1. The molecular weight excluding hydrogens is 312 g/mol. The largest absolute Gasteiger partial charge is 0.493 e. The van der Waals surface area contributed by atoms with Gasteiger partial charge in [0.25, 0.3) is 0 Å². The van der Waals surface area contributed by atoms with Crippen molar-refractivity contribution in [1.82, 2.24) is 15.1 Å². The summed E-state index contributed by atoms with van der Waals surface area (Å²) in [5.74, 6) is 2.31. The van der Waals surface area contributed by atoms with Crippen LogP contribution in [0.3, 0.4) is 0 Å². The van der Waals surface area contributed by atoms with Gasteiger partial charge in [0.05, 0.1) is 33.9 Å². The number of methoxy groups -OCH3 is 3. The third-order valence-electron chi connectivity index (χ3n) is 3.45. The smallest absolute Gasteiger partial charge is 0.315 e. The third kappa shape index (κ3) is 4.08. The van der Waals surface area contributed by atoms with Gasteiger partial charge in [-0.15, -0.1) is 5.10 Å². The number of benzene rings is 1. The highest BCUT2D eigenvalue weighted by Crippen LogP contribution is 2.40. The van der Waals surface area contributed by atoms with Gasteiger partial charge in [0.1, 0.15) is 0 Å². The van der Waals surface area contributed by atoms with Gasteiger partial charge >= 0.3 is 6.01 Å². The predicted molar refractivity (Wildman–Crippen MR) is 89.8 cm³/mol. The minimum Gasteiger partial charge on any atom is -0.493 e. The summed E-state index contributed by atoms with van der Waals surface area (Å²) in [6.45, 7) is 2.57. The Morgan fingerprint density at radius 1 is 1.08 bits per heavy atom. The highest BCUT2D eigenvalue weighted by atomic mass is 16.5. The van der Waals surface area contributed by atoms with Crippen LogP contribution in [-0.4, -0.2) is 50.5 Å². The number of hydrogen-bond acceptors (Lipinski definition) is 8. The number of aromatic nitrogens is 2. The van der Waals surface area contributed by atoms with Crippen molar-refractivity contribution >= 4 is 6.01 Å². The molecule has 0 amide bonds.